The van der Waals surface area contributed by atoms with E-state index in [2.05, 4.69) is 15.8 Å². The summed E-state index contributed by atoms with van der Waals surface area (Å²) >= 11 is 0. The Balaban J connectivity index is 2.26. The Hall–Kier alpha value is -2.84. The minimum absolute atomic E-state index is 0.0106. The quantitative estimate of drug-likeness (QED) is 0.880. The third-order valence-electron chi connectivity index (χ3n) is 3.44. The number of alkyl halides is 3. The molecular weight excluding hydrogens is 339 g/mol. The summed E-state index contributed by atoms with van der Waals surface area (Å²) in [4.78, 5) is 23.1. The Morgan fingerprint density at radius 3 is 2.40 bits per heavy atom. The number of hydrogen-bond donors (Lipinski definition) is 2. The Morgan fingerprint density at radius 1 is 1.20 bits per heavy atom. The molecule has 0 spiro atoms. The van der Waals surface area contributed by atoms with Crippen LogP contribution in [0, 0.1) is 13.8 Å². The van der Waals surface area contributed by atoms with Crippen LogP contribution in [0.3, 0.4) is 0 Å². The van der Waals surface area contributed by atoms with E-state index in [4.69, 9.17) is 4.52 Å². The van der Waals surface area contributed by atoms with Gasteiger partial charge in [-0.2, -0.15) is 13.2 Å². The second-order valence-electron chi connectivity index (χ2n) is 5.47. The van der Waals surface area contributed by atoms with Gasteiger partial charge in [0.1, 0.15) is 5.76 Å². The number of rotatable bonds is 4. The molecule has 0 aliphatic rings. The highest BCUT2D eigenvalue weighted by atomic mass is 19.4. The van der Waals surface area contributed by atoms with Gasteiger partial charge in [-0.3, -0.25) is 9.59 Å². The van der Waals surface area contributed by atoms with Crippen LogP contribution in [-0.4, -0.2) is 17.0 Å². The summed E-state index contributed by atoms with van der Waals surface area (Å²) in [5.74, 6) is -0.694. The van der Waals surface area contributed by atoms with E-state index in [0.29, 0.717) is 17.0 Å². The molecule has 1 aromatic carbocycles. The number of halogens is 3. The number of aromatic nitrogens is 1. The van der Waals surface area contributed by atoms with E-state index in [0.717, 1.165) is 12.1 Å². The van der Waals surface area contributed by atoms with Crippen LogP contribution in [0.25, 0.3) is 0 Å². The molecule has 2 aromatic rings. The van der Waals surface area contributed by atoms with Crippen LogP contribution in [-0.2, 0) is 22.2 Å². The average molecular weight is 355 g/mol. The van der Waals surface area contributed by atoms with Crippen LogP contribution < -0.4 is 10.6 Å². The summed E-state index contributed by atoms with van der Waals surface area (Å²) in [6, 6.07) is 3.15. The molecule has 2 amide bonds. The van der Waals surface area contributed by atoms with Crippen molar-refractivity contribution in [2.75, 3.05) is 10.6 Å². The van der Waals surface area contributed by atoms with E-state index in [9.17, 15) is 22.8 Å². The maximum Gasteiger partial charge on any atom is 0.418 e. The lowest BCUT2D eigenvalue weighted by atomic mass is 10.1. The van der Waals surface area contributed by atoms with Gasteiger partial charge in [-0.1, -0.05) is 5.16 Å². The molecule has 0 saturated carbocycles. The lowest BCUT2D eigenvalue weighted by Crippen LogP contribution is -2.19. The minimum atomic E-state index is -4.69. The van der Waals surface area contributed by atoms with Gasteiger partial charge in [-0.15, -0.1) is 0 Å². The summed E-state index contributed by atoms with van der Waals surface area (Å²) in [6.07, 6.45) is -4.86. The largest absolute Gasteiger partial charge is 0.418 e. The molecule has 0 radical (unpaired) electrons. The Bertz CT molecular complexity index is 793. The number of carbonyl (C=O) groups is 2. The van der Waals surface area contributed by atoms with Gasteiger partial charge in [0.05, 0.1) is 23.4 Å². The predicted octanol–water partition coefficient (Wildman–Crippen LogP) is 3.45. The standard InChI is InChI=1S/C16H16F3N3O3/c1-8-12(9(2)25-22-8)7-15(24)21-14-5-4-11(20-10(3)23)6-13(14)16(17,18)19/h4-6H,7H2,1-3H3,(H,20,23)(H,21,24). The molecule has 2 rings (SSSR count). The maximum atomic E-state index is 13.2. The lowest BCUT2D eigenvalue weighted by molar-refractivity contribution is -0.137. The molecule has 0 aliphatic heterocycles. The fourth-order valence-electron chi connectivity index (χ4n) is 2.28. The van der Waals surface area contributed by atoms with Crippen molar-refractivity contribution in [1.29, 1.82) is 0 Å². The van der Waals surface area contributed by atoms with E-state index in [1.807, 2.05) is 0 Å². The predicted molar refractivity (Wildman–Crippen MR) is 84.1 cm³/mol. The molecule has 0 atom stereocenters. The fraction of sp³-hybridized carbons (Fsp3) is 0.312. The van der Waals surface area contributed by atoms with Crippen LogP contribution in [0.2, 0.25) is 0 Å². The second-order valence-corrected chi connectivity index (χ2v) is 5.47. The number of aryl methyl sites for hydroxylation is 2. The van der Waals surface area contributed by atoms with Gasteiger partial charge in [0.15, 0.2) is 0 Å². The third-order valence-corrected chi connectivity index (χ3v) is 3.44. The molecule has 134 valence electrons. The van der Waals surface area contributed by atoms with E-state index >= 15 is 0 Å². The highest BCUT2D eigenvalue weighted by Crippen LogP contribution is 2.36. The average Bonchev–Trinajstić information content (AvgIpc) is 2.79. The van der Waals surface area contributed by atoms with Crippen LogP contribution in [0.15, 0.2) is 22.7 Å². The van der Waals surface area contributed by atoms with Gasteiger partial charge in [0.2, 0.25) is 11.8 Å². The molecule has 6 nitrogen and oxygen atoms in total. The molecule has 9 heteroatoms. The van der Waals surface area contributed by atoms with Gasteiger partial charge in [0, 0.05) is 18.2 Å². The summed E-state index contributed by atoms with van der Waals surface area (Å²) in [6.45, 7) is 4.45. The van der Waals surface area contributed by atoms with Crippen LogP contribution in [0.4, 0.5) is 24.5 Å². The zero-order valence-corrected chi connectivity index (χ0v) is 13.7. The number of amides is 2. The molecule has 0 aliphatic carbocycles. The summed E-state index contributed by atoms with van der Waals surface area (Å²) in [5, 5.41) is 8.22. The van der Waals surface area contributed by atoms with Crippen molar-refractivity contribution < 1.29 is 27.3 Å². The molecule has 2 N–H and O–H groups in total. The van der Waals surface area contributed by atoms with Crippen molar-refractivity contribution in [2.45, 2.75) is 33.4 Å². The highest BCUT2D eigenvalue weighted by Gasteiger charge is 2.34. The molecule has 0 bridgehead atoms. The fourth-order valence-corrected chi connectivity index (χ4v) is 2.28. The molecule has 0 unspecified atom stereocenters. The van der Waals surface area contributed by atoms with E-state index in [1.165, 1.54) is 13.0 Å². The first-order chi connectivity index (χ1) is 11.6. The SMILES string of the molecule is CC(=O)Nc1ccc(NC(=O)Cc2c(C)noc2C)c(C(F)(F)F)c1. The number of anilines is 2. The van der Waals surface area contributed by atoms with Crippen molar-refractivity contribution in [3.8, 4) is 0 Å². The zero-order valence-electron chi connectivity index (χ0n) is 13.7. The zero-order chi connectivity index (χ0) is 18.8. The van der Waals surface area contributed by atoms with Gasteiger partial charge >= 0.3 is 6.18 Å². The van der Waals surface area contributed by atoms with E-state index in [-0.39, 0.29) is 12.1 Å². The molecule has 0 saturated heterocycles. The number of nitrogens with zero attached hydrogens (tertiary/aromatic N) is 1. The molecule has 1 aromatic heterocycles. The number of benzene rings is 1. The lowest BCUT2D eigenvalue weighted by Gasteiger charge is -2.15. The highest BCUT2D eigenvalue weighted by molar-refractivity contribution is 5.94. The van der Waals surface area contributed by atoms with Crippen molar-refractivity contribution in [1.82, 2.24) is 5.16 Å². The summed E-state index contributed by atoms with van der Waals surface area (Å²) in [5.41, 5.74) is -0.418. The molecular formula is C16H16F3N3O3. The van der Waals surface area contributed by atoms with Crippen molar-refractivity contribution in [3.05, 3.63) is 40.8 Å². The van der Waals surface area contributed by atoms with Gasteiger partial charge in [-0.25, -0.2) is 0 Å². The van der Waals surface area contributed by atoms with E-state index < -0.39 is 29.2 Å². The second kappa shape index (κ2) is 6.96. The van der Waals surface area contributed by atoms with Gasteiger partial charge < -0.3 is 15.2 Å². The Morgan fingerprint density at radius 2 is 1.88 bits per heavy atom. The molecule has 1 heterocycles. The molecule has 0 fully saturated rings. The number of carbonyl (C=O) groups excluding carboxylic acids is 2. The first-order valence-corrected chi connectivity index (χ1v) is 7.28. The minimum Gasteiger partial charge on any atom is -0.361 e. The van der Waals surface area contributed by atoms with Crippen LogP contribution >= 0.6 is 0 Å². The third kappa shape index (κ3) is 4.59. The van der Waals surface area contributed by atoms with E-state index in [1.54, 1.807) is 13.8 Å². The maximum absolute atomic E-state index is 13.2. The van der Waals surface area contributed by atoms with Gasteiger partial charge in [-0.05, 0) is 32.0 Å². The normalized spacial score (nSPS) is 11.3. The number of hydrogen-bond acceptors (Lipinski definition) is 4. The summed E-state index contributed by atoms with van der Waals surface area (Å²) < 4.78 is 44.6. The number of nitrogens with one attached hydrogen (secondary N) is 2. The smallest absolute Gasteiger partial charge is 0.361 e. The van der Waals surface area contributed by atoms with Crippen molar-refractivity contribution in [3.63, 3.8) is 0 Å². The topological polar surface area (TPSA) is 84.2 Å². The first kappa shape index (κ1) is 18.5. The van der Waals surface area contributed by atoms with Gasteiger partial charge in [0.25, 0.3) is 0 Å². The molecule has 25 heavy (non-hydrogen) atoms. The van der Waals surface area contributed by atoms with Crippen molar-refractivity contribution >= 4 is 23.2 Å². The Kier molecular flexibility index (Phi) is 5.15. The van der Waals surface area contributed by atoms with Crippen LogP contribution in [0.1, 0.15) is 29.5 Å². The van der Waals surface area contributed by atoms with Crippen molar-refractivity contribution in [2.24, 2.45) is 0 Å². The Labute approximate surface area is 141 Å². The monoisotopic (exact) mass is 355 g/mol. The summed E-state index contributed by atoms with van der Waals surface area (Å²) in [7, 11) is 0. The van der Waals surface area contributed by atoms with Crippen LogP contribution in [0.5, 0.6) is 0 Å². The first-order valence-electron chi connectivity index (χ1n) is 7.28.